The zero-order valence-electron chi connectivity index (χ0n) is 20.8. The number of hydrogen-bond donors (Lipinski definition) is 0. The Bertz CT molecular complexity index is 2270. The second-order valence-corrected chi connectivity index (χ2v) is 15.8. The average Bonchev–Trinajstić information content (AvgIpc) is 3.40. The van der Waals surface area contributed by atoms with E-state index in [4.69, 9.17) is 15.0 Å². The van der Waals surface area contributed by atoms with Gasteiger partial charge in [0, 0.05) is 0 Å². The summed E-state index contributed by atoms with van der Waals surface area (Å²) >= 11 is 3.61. The van der Waals surface area contributed by atoms with E-state index in [2.05, 4.69) is 129 Å². The van der Waals surface area contributed by atoms with Crippen molar-refractivity contribution < 1.29 is 0 Å². The topological polar surface area (TPSA) is 43.1 Å². The molecule has 3 heterocycles. The van der Waals surface area contributed by atoms with Crippen LogP contribution in [0.15, 0.2) is 128 Å². The van der Waals surface area contributed by atoms with Crippen molar-refractivity contribution in [1.82, 2.24) is 19.4 Å². The van der Waals surface area contributed by atoms with Gasteiger partial charge in [-0.15, -0.1) is 0 Å². The van der Waals surface area contributed by atoms with Crippen LogP contribution in [0.4, 0.5) is 0 Å². The molecule has 0 saturated carbocycles. The minimum absolute atomic E-state index is 0.825. The van der Waals surface area contributed by atoms with Crippen molar-refractivity contribution in [3.05, 3.63) is 128 Å². The van der Waals surface area contributed by atoms with E-state index in [1.807, 2.05) is 18.3 Å². The van der Waals surface area contributed by atoms with Gasteiger partial charge in [-0.05, 0) is 0 Å². The molecule has 8 aromatic rings. The molecule has 0 N–H and O–H groups in total. The number of benzene rings is 5. The van der Waals surface area contributed by atoms with Crippen molar-refractivity contribution in [2.45, 2.75) is 0 Å². The van der Waals surface area contributed by atoms with Crippen molar-refractivity contribution in [2.24, 2.45) is 0 Å². The number of imidazole rings is 1. The van der Waals surface area contributed by atoms with Crippen LogP contribution in [-0.2, 0) is 0 Å². The molecule has 0 spiro atoms. The fourth-order valence-electron chi connectivity index (χ4n) is 5.63. The van der Waals surface area contributed by atoms with Crippen molar-refractivity contribution in [3.63, 3.8) is 0 Å². The third-order valence-corrected chi connectivity index (χ3v) is 14.0. The Morgan fingerprint density at radius 3 is 2.15 bits per heavy atom. The summed E-state index contributed by atoms with van der Waals surface area (Å²) in [7, 11) is 0. The van der Waals surface area contributed by atoms with Crippen molar-refractivity contribution in [3.8, 4) is 0 Å². The molecule has 39 heavy (non-hydrogen) atoms. The van der Waals surface area contributed by atoms with Crippen LogP contribution in [-0.4, -0.2) is 34.5 Å². The Morgan fingerprint density at radius 2 is 1.28 bits per heavy atom. The first-order chi connectivity index (χ1) is 19.2. The third kappa shape index (κ3) is 3.38. The van der Waals surface area contributed by atoms with Gasteiger partial charge >= 0.3 is 233 Å². The van der Waals surface area contributed by atoms with Crippen molar-refractivity contribution in [1.29, 1.82) is 0 Å². The molecule has 4 nitrogen and oxygen atoms in total. The van der Waals surface area contributed by atoms with Gasteiger partial charge in [-0.2, -0.15) is 0 Å². The summed E-state index contributed by atoms with van der Waals surface area (Å²) in [5.74, 6) is 0. The summed E-state index contributed by atoms with van der Waals surface area (Å²) in [5.41, 5.74) is 3.69. The summed E-state index contributed by atoms with van der Waals surface area (Å²) < 4.78 is 2.30. The van der Waals surface area contributed by atoms with E-state index in [9.17, 15) is 0 Å². The molecule has 1 atom stereocenters. The molecule has 0 fully saturated rings. The first-order valence-electron chi connectivity index (χ1n) is 12.8. The van der Waals surface area contributed by atoms with Gasteiger partial charge in [-0.3, -0.25) is 0 Å². The molecule has 0 aliphatic carbocycles. The van der Waals surface area contributed by atoms with Gasteiger partial charge in [-0.1, -0.05) is 0 Å². The van der Waals surface area contributed by atoms with Crippen molar-refractivity contribution >= 4 is 86.0 Å². The van der Waals surface area contributed by atoms with E-state index in [0.717, 1.165) is 49.4 Å². The van der Waals surface area contributed by atoms with E-state index >= 15 is 0 Å². The van der Waals surface area contributed by atoms with Gasteiger partial charge < -0.3 is 0 Å². The van der Waals surface area contributed by atoms with Gasteiger partial charge in [-0.25, -0.2) is 0 Å². The maximum atomic E-state index is 5.23. The third-order valence-electron chi connectivity index (χ3n) is 7.48. The van der Waals surface area contributed by atoms with Crippen LogP contribution in [0.25, 0.3) is 49.3 Å². The first kappa shape index (κ1) is 22.8. The molecule has 0 aliphatic rings. The molecule has 3 aromatic heterocycles. The van der Waals surface area contributed by atoms with Gasteiger partial charge in [0.2, 0.25) is 0 Å². The number of pyridine rings is 1. The van der Waals surface area contributed by atoms with Gasteiger partial charge in [0.1, 0.15) is 0 Å². The molecule has 8 rings (SSSR count). The van der Waals surface area contributed by atoms with Gasteiger partial charge in [0.05, 0.1) is 0 Å². The van der Waals surface area contributed by atoms with E-state index in [1.54, 1.807) is 0 Å². The Morgan fingerprint density at radius 1 is 0.564 bits per heavy atom. The molecule has 5 aromatic carbocycles. The Labute approximate surface area is 232 Å². The number of para-hydroxylation sites is 2. The maximum absolute atomic E-state index is 5.23. The predicted octanol–water partition coefficient (Wildman–Crippen LogP) is 6.11. The molecule has 0 saturated heterocycles. The minimum atomic E-state index is -2.27. The molecule has 0 bridgehead atoms. The van der Waals surface area contributed by atoms with E-state index in [0.29, 0.717) is 0 Å². The zero-order valence-corrected chi connectivity index (χ0v) is 23.4. The SMILES string of the molecule is [Se]=P(c1ccccc1)(c1ccc2c(c1)nc1c3ccccc3c3ccccc3n21)c1ncc2ccccc2n1. The monoisotopic (exact) mass is 584 g/mol. The molecule has 184 valence electrons. The molecule has 0 radical (unpaired) electrons. The van der Waals surface area contributed by atoms with Gasteiger partial charge in [0.25, 0.3) is 0 Å². The molecule has 0 aliphatic heterocycles. The average molecular weight is 583 g/mol. The van der Waals surface area contributed by atoms with E-state index < -0.39 is 5.51 Å². The number of fused-ring (bicyclic) bond motifs is 9. The zero-order chi connectivity index (χ0) is 26.0. The summed E-state index contributed by atoms with van der Waals surface area (Å²) in [5, 5.41) is 6.99. The second-order valence-electron chi connectivity index (χ2n) is 9.68. The summed E-state index contributed by atoms with van der Waals surface area (Å²) in [6.07, 6.45) is 1.94. The fourth-order valence-corrected chi connectivity index (χ4v) is 10.1. The molecule has 0 amide bonds. The Hall–Kier alpha value is -4.14. The Balaban J connectivity index is 1.44. The van der Waals surface area contributed by atoms with E-state index in [-0.39, 0.29) is 0 Å². The molecule has 1 unspecified atom stereocenters. The standard InChI is InChI=1S/C33H21N4PSe/c39-38(23-11-2-1-3-12-23,33-34-21-22-10-4-8-16-28(22)36-33)24-18-19-31-29(20-24)35-32-27-15-6-5-13-25(27)26-14-7-9-17-30(26)37(31)32/h1-21H. The predicted molar refractivity (Wildman–Crippen MR) is 165 cm³/mol. The van der Waals surface area contributed by atoms with Crippen LogP contribution >= 0.6 is 5.51 Å². The second kappa shape index (κ2) is 8.69. The fraction of sp³-hybridized carbons (Fsp3) is 0. The van der Waals surface area contributed by atoms with Gasteiger partial charge in [0.15, 0.2) is 0 Å². The normalized spacial score (nSPS) is 13.4. The number of aromatic nitrogens is 4. The summed E-state index contributed by atoms with van der Waals surface area (Å²) in [4.78, 5) is 15.2. The number of rotatable bonds is 3. The van der Waals surface area contributed by atoms with Crippen LogP contribution in [0, 0.1) is 0 Å². The Kier molecular flexibility index (Phi) is 5.08. The number of hydrogen-bond acceptors (Lipinski definition) is 3. The molecular weight excluding hydrogens is 562 g/mol. The van der Waals surface area contributed by atoms with Crippen LogP contribution in [0.5, 0.6) is 0 Å². The van der Waals surface area contributed by atoms with Crippen LogP contribution in [0.2, 0.25) is 0 Å². The van der Waals surface area contributed by atoms with Crippen LogP contribution in [0.3, 0.4) is 0 Å². The molecular formula is C33H21N4PSe. The number of nitrogens with zero attached hydrogens (tertiary/aromatic N) is 4. The van der Waals surface area contributed by atoms with Crippen LogP contribution in [0.1, 0.15) is 0 Å². The quantitative estimate of drug-likeness (QED) is 0.143. The summed E-state index contributed by atoms with van der Waals surface area (Å²) in [6, 6.07) is 42.5. The summed E-state index contributed by atoms with van der Waals surface area (Å²) in [6.45, 7) is 0. The van der Waals surface area contributed by atoms with E-state index in [1.165, 1.54) is 16.1 Å². The van der Waals surface area contributed by atoms with Crippen LogP contribution < -0.4 is 16.2 Å². The first-order valence-corrected chi connectivity index (χ1v) is 16.8. The molecule has 6 heteroatoms. The van der Waals surface area contributed by atoms with Crippen molar-refractivity contribution in [2.75, 3.05) is 0 Å².